The highest BCUT2D eigenvalue weighted by Gasteiger charge is 2.39. The molecule has 0 radical (unpaired) electrons. The molecule has 0 aromatic heterocycles. The SMILES string of the molecule is CCCCN1CC(C)OP1(=O)CCl. The Balaban J connectivity index is 2.56. The second-order valence-corrected chi connectivity index (χ2v) is 6.45. The monoisotopic (exact) mass is 225 g/mol. The minimum atomic E-state index is -2.65. The van der Waals surface area contributed by atoms with Crippen molar-refractivity contribution >= 4 is 19.1 Å². The lowest BCUT2D eigenvalue weighted by Gasteiger charge is -2.19. The Labute approximate surface area is 84.9 Å². The van der Waals surface area contributed by atoms with Gasteiger partial charge >= 0.3 is 0 Å². The second kappa shape index (κ2) is 4.79. The molecule has 0 aliphatic carbocycles. The molecular formula is C8H17ClNO2P. The fourth-order valence-corrected chi connectivity index (χ4v) is 4.01. The number of hydrogen-bond acceptors (Lipinski definition) is 2. The zero-order valence-electron chi connectivity index (χ0n) is 8.20. The van der Waals surface area contributed by atoms with Crippen molar-refractivity contribution < 1.29 is 9.09 Å². The normalized spacial score (nSPS) is 35.5. The molecule has 1 fully saturated rings. The summed E-state index contributed by atoms with van der Waals surface area (Å²) in [7, 11) is -2.65. The quantitative estimate of drug-likeness (QED) is 0.544. The summed E-state index contributed by atoms with van der Waals surface area (Å²) in [6, 6.07) is 0. The minimum Gasteiger partial charge on any atom is -0.312 e. The van der Waals surface area contributed by atoms with Crippen molar-refractivity contribution in [2.45, 2.75) is 32.8 Å². The van der Waals surface area contributed by atoms with Crippen LogP contribution in [0.25, 0.3) is 0 Å². The van der Waals surface area contributed by atoms with Crippen LogP contribution in [0.5, 0.6) is 0 Å². The van der Waals surface area contributed by atoms with Crippen molar-refractivity contribution in [2.75, 3.05) is 18.7 Å². The molecule has 1 rings (SSSR count). The van der Waals surface area contributed by atoms with Crippen LogP contribution < -0.4 is 0 Å². The van der Waals surface area contributed by atoms with Gasteiger partial charge in [-0.15, -0.1) is 11.6 Å². The van der Waals surface area contributed by atoms with E-state index < -0.39 is 7.52 Å². The van der Waals surface area contributed by atoms with E-state index in [4.69, 9.17) is 16.1 Å². The van der Waals surface area contributed by atoms with Crippen LogP contribution in [0, 0.1) is 0 Å². The predicted octanol–water partition coefficient (Wildman–Crippen LogP) is 2.90. The van der Waals surface area contributed by atoms with Gasteiger partial charge in [0.2, 0.25) is 0 Å². The molecule has 5 heteroatoms. The third-order valence-corrected chi connectivity index (χ3v) is 5.29. The molecule has 13 heavy (non-hydrogen) atoms. The molecule has 2 atom stereocenters. The van der Waals surface area contributed by atoms with Gasteiger partial charge in [0.05, 0.1) is 6.10 Å². The summed E-state index contributed by atoms with van der Waals surface area (Å²) in [5.41, 5.74) is 0.112. The van der Waals surface area contributed by atoms with Crippen LogP contribution in [-0.2, 0) is 9.09 Å². The Hall–Kier alpha value is 0.440. The second-order valence-electron chi connectivity index (χ2n) is 3.44. The fourth-order valence-electron chi connectivity index (χ4n) is 1.49. The summed E-state index contributed by atoms with van der Waals surface area (Å²) in [5.74, 6) is 0. The summed E-state index contributed by atoms with van der Waals surface area (Å²) in [5, 5.41) is 0. The Morgan fingerprint density at radius 2 is 2.38 bits per heavy atom. The molecule has 1 aliphatic heterocycles. The van der Waals surface area contributed by atoms with Crippen molar-refractivity contribution in [3.05, 3.63) is 0 Å². The number of nitrogens with zero attached hydrogens (tertiary/aromatic N) is 1. The standard InChI is InChI=1S/C8H17ClNO2P/c1-3-4-5-10-6-8(2)12-13(10,11)7-9/h8H,3-7H2,1-2H3. The molecule has 0 amide bonds. The Bertz CT molecular complexity index is 212. The molecule has 0 N–H and O–H groups in total. The first-order chi connectivity index (χ1) is 6.12. The van der Waals surface area contributed by atoms with Gasteiger partial charge < -0.3 is 4.52 Å². The summed E-state index contributed by atoms with van der Waals surface area (Å²) >= 11 is 5.66. The van der Waals surface area contributed by atoms with Crippen LogP contribution in [-0.4, -0.2) is 29.5 Å². The van der Waals surface area contributed by atoms with Gasteiger partial charge in [0, 0.05) is 13.1 Å². The lowest BCUT2D eigenvalue weighted by molar-refractivity contribution is 0.264. The van der Waals surface area contributed by atoms with Gasteiger partial charge in [-0.1, -0.05) is 13.3 Å². The van der Waals surface area contributed by atoms with Crippen molar-refractivity contribution in [3.8, 4) is 0 Å². The van der Waals surface area contributed by atoms with E-state index in [1.807, 2.05) is 11.6 Å². The maximum Gasteiger partial charge on any atom is 0.287 e. The molecular weight excluding hydrogens is 209 g/mol. The van der Waals surface area contributed by atoms with E-state index in [9.17, 15) is 4.57 Å². The summed E-state index contributed by atoms with van der Waals surface area (Å²) in [6.45, 7) is 5.64. The van der Waals surface area contributed by atoms with Crippen LogP contribution >= 0.6 is 19.1 Å². The maximum absolute atomic E-state index is 12.0. The van der Waals surface area contributed by atoms with Crippen LogP contribution in [0.1, 0.15) is 26.7 Å². The first kappa shape index (κ1) is 11.5. The van der Waals surface area contributed by atoms with Crippen LogP contribution in [0.4, 0.5) is 0 Å². The van der Waals surface area contributed by atoms with E-state index in [1.165, 1.54) is 0 Å². The average molecular weight is 226 g/mol. The third-order valence-electron chi connectivity index (χ3n) is 2.16. The fraction of sp³-hybridized carbons (Fsp3) is 1.00. The molecule has 0 aromatic rings. The lowest BCUT2D eigenvalue weighted by Crippen LogP contribution is -2.20. The maximum atomic E-state index is 12.0. The Kier molecular flexibility index (Phi) is 4.24. The first-order valence-electron chi connectivity index (χ1n) is 4.71. The number of alkyl halides is 1. The number of rotatable bonds is 4. The number of unbranched alkanes of at least 4 members (excludes halogenated alkanes) is 1. The predicted molar refractivity (Wildman–Crippen MR) is 55.4 cm³/mol. The Morgan fingerprint density at radius 3 is 2.92 bits per heavy atom. The smallest absolute Gasteiger partial charge is 0.287 e. The van der Waals surface area contributed by atoms with E-state index in [-0.39, 0.29) is 11.7 Å². The van der Waals surface area contributed by atoms with Crippen molar-refractivity contribution in [2.24, 2.45) is 0 Å². The van der Waals surface area contributed by atoms with Crippen LogP contribution in [0.2, 0.25) is 0 Å². The molecule has 78 valence electrons. The van der Waals surface area contributed by atoms with Gasteiger partial charge in [0.1, 0.15) is 5.62 Å². The molecule has 0 saturated carbocycles. The van der Waals surface area contributed by atoms with Gasteiger partial charge in [0.15, 0.2) is 0 Å². The molecule has 0 spiro atoms. The molecule has 2 unspecified atom stereocenters. The van der Waals surface area contributed by atoms with E-state index in [1.54, 1.807) is 0 Å². The van der Waals surface area contributed by atoms with Gasteiger partial charge in [-0.25, -0.2) is 4.67 Å². The average Bonchev–Trinajstić information content (AvgIpc) is 2.39. The zero-order valence-corrected chi connectivity index (χ0v) is 9.85. The highest BCUT2D eigenvalue weighted by molar-refractivity contribution is 7.58. The summed E-state index contributed by atoms with van der Waals surface area (Å²) in [4.78, 5) is 0. The Morgan fingerprint density at radius 1 is 1.69 bits per heavy atom. The van der Waals surface area contributed by atoms with Gasteiger partial charge in [0.25, 0.3) is 7.52 Å². The topological polar surface area (TPSA) is 29.5 Å². The van der Waals surface area contributed by atoms with Gasteiger partial charge in [-0.2, -0.15) is 0 Å². The van der Waals surface area contributed by atoms with Crippen LogP contribution in [0.15, 0.2) is 0 Å². The first-order valence-corrected chi connectivity index (χ1v) is 7.01. The number of hydrogen-bond donors (Lipinski definition) is 0. The summed E-state index contributed by atoms with van der Waals surface area (Å²) in [6.07, 6.45) is 2.21. The van der Waals surface area contributed by atoms with E-state index in [0.29, 0.717) is 0 Å². The van der Waals surface area contributed by atoms with Gasteiger partial charge in [-0.3, -0.25) is 4.57 Å². The highest BCUT2D eigenvalue weighted by Crippen LogP contribution is 2.56. The highest BCUT2D eigenvalue weighted by atomic mass is 35.5. The number of halogens is 1. The van der Waals surface area contributed by atoms with E-state index in [2.05, 4.69) is 6.92 Å². The molecule has 1 aliphatic rings. The van der Waals surface area contributed by atoms with Gasteiger partial charge in [-0.05, 0) is 13.3 Å². The molecule has 1 saturated heterocycles. The van der Waals surface area contributed by atoms with Crippen molar-refractivity contribution in [1.82, 2.24) is 4.67 Å². The molecule has 3 nitrogen and oxygen atoms in total. The molecule has 1 heterocycles. The molecule has 0 aromatic carbocycles. The van der Waals surface area contributed by atoms with Crippen molar-refractivity contribution in [3.63, 3.8) is 0 Å². The lowest BCUT2D eigenvalue weighted by atomic mass is 10.3. The van der Waals surface area contributed by atoms with E-state index >= 15 is 0 Å². The third kappa shape index (κ3) is 2.69. The molecule has 0 bridgehead atoms. The minimum absolute atomic E-state index is 0.0569. The van der Waals surface area contributed by atoms with E-state index in [0.717, 1.165) is 25.9 Å². The van der Waals surface area contributed by atoms with Crippen LogP contribution in [0.3, 0.4) is 0 Å². The largest absolute Gasteiger partial charge is 0.312 e. The zero-order chi connectivity index (χ0) is 9.90. The summed E-state index contributed by atoms with van der Waals surface area (Å²) < 4.78 is 19.3. The van der Waals surface area contributed by atoms with Crippen molar-refractivity contribution in [1.29, 1.82) is 0 Å².